The first-order valence-electron chi connectivity index (χ1n) is 3.44. The fourth-order valence-corrected chi connectivity index (χ4v) is 0.459. The van der Waals surface area contributed by atoms with Gasteiger partial charge in [-0.3, -0.25) is 0 Å². The second-order valence-electron chi connectivity index (χ2n) is 1.99. The third kappa shape index (κ3) is 5.44. The van der Waals surface area contributed by atoms with E-state index in [9.17, 15) is 4.79 Å². The Labute approximate surface area is 71.7 Å². The maximum Gasteiger partial charge on any atom is 0.330 e. The van der Waals surface area contributed by atoms with Crippen molar-refractivity contribution in [1.29, 1.82) is 0 Å². The molecule has 1 N–H and O–H groups in total. The average Bonchev–Trinajstić information content (AvgIpc) is 2.11. The molecule has 0 aliphatic rings. The number of esters is 1. The zero-order valence-electron chi connectivity index (χ0n) is 6.93. The summed E-state index contributed by atoms with van der Waals surface area (Å²) in [5.74, 6) is -0.423. The fourth-order valence-electron chi connectivity index (χ4n) is 0.459. The van der Waals surface area contributed by atoms with Crippen LogP contribution in [-0.2, 0) is 9.53 Å². The van der Waals surface area contributed by atoms with Crippen LogP contribution in [-0.4, -0.2) is 24.3 Å². The number of hydrogen-bond donors (Lipinski definition) is 1. The fraction of sp³-hybridized carbons (Fsp3) is 0.222. The van der Waals surface area contributed by atoms with E-state index < -0.39 is 12.1 Å². The normalized spacial score (nSPS) is 13.5. The molecule has 1 atom stereocenters. The molecule has 0 aromatic heterocycles. The van der Waals surface area contributed by atoms with Crippen LogP contribution >= 0.6 is 0 Å². The molecule has 1 unspecified atom stereocenters. The Morgan fingerprint density at radius 3 is 2.75 bits per heavy atom. The molecule has 0 aliphatic carbocycles. The molecule has 3 heteroatoms. The summed E-state index contributed by atoms with van der Waals surface area (Å²) in [6.45, 7) is 3.37. The topological polar surface area (TPSA) is 46.5 Å². The van der Waals surface area contributed by atoms with E-state index in [0.717, 1.165) is 0 Å². The van der Waals surface area contributed by atoms with Gasteiger partial charge in [0.05, 0.1) is 13.2 Å². The number of carbonyl (C=O) groups excluding carboxylic acids is 1. The Hall–Kier alpha value is -1.35. The van der Waals surface area contributed by atoms with Crippen molar-refractivity contribution in [1.82, 2.24) is 0 Å². The van der Waals surface area contributed by atoms with Gasteiger partial charge in [-0.1, -0.05) is 24.3 Å². The summed E-state index contributed by atoms with van der Waals surface area (Å²) in [6.07, 6.45) is 6.48. The predicted octanol–water partition coefficient (Wildman–Crippen LogP) is 0.819. The monoisotopic (exact) mass is 168 g/mol. The van der Waals surface area contributed by atoms with E-state index in [-0.39, 0.29) is 0 Å². The van der Waals surface area contributed by atoms with Crippen molar-refractivity contribution >= 4 is 5.97 Å². The molecule has 0 fully saturated rings. The van der Waals surface area contributed by atoms with Gasteiger partial charge in [0.1, 0.15) is 0 Å². The van der Waals surface area contributed by atoms with Crippen molar-refractivity contribution in [3.63, 3.8) is 0 Å². The van der Waals surface area contributed by atoms with Gasteiger partial charge >= 0.3 is 5.97 Å². The van der Waals surface area contributed by atoms with E-state index >= 15 is 0 Å². The Morgan fingerprint density at radius 2 is 2.25 bits per heavy atom. The van der Waals surface area contributed by atoms with Gasteiger partial charge in [-0.2, -0.15) is 0 Å². The van der Waals surface area contributed by atoms with Crippen LogP contribution < -0.4 is 0 Å². The van der Waals surface area contributed by atoms with Crippen molar-refractivity contribution in [2.75, 3.05) is 7.11 Å². The van der Waals surface area contributed by atoms with Crippen LogP contribution in [0.4, 0.5) is 0 Å². The molecule has 0 heterocycles. The standard InChI is InChI=1S/C9H12O3/c1-3-8(10)6-4-5-7-9(11)12-2/h3-8,10H,1H2,2H3/b6-4+,7-5+. The molecule has 0 aliphatic heterocycles. The summed E-state index contributed by atoms with van der Waals surface area (Å²) in [6, 6.07) is 0. The van der Waals surface area contributed by atoms with E-state index in [1.165, 1.54) is 31.4 Å². The summed E-state index contributed by atoms with van der Waals surface area (Å²) in [7, 11) is 1.30. The lowest BCUT2D eigenvalue weighted by atomic mass is 10.3. The van der Waals surface area contributed by atoms with E-state index in [2.05, 4.69) is 11.3 Å². The van der Waals surface area contributed by atoms with E-state index in [0.29, 0.717) is 0 Å². The molecule has 0 spiro atoms. The van der Waals surface area contributed by atoms with E-state index in [1.54, 1.807) is 6.08 Å². The van der Waals surface area contributed by atoms with Crippen LogP contribution in [0.15, 0.2) is 37.0 Å². The minimum absolute atomic E-state index is 0.423. The Kier molecular flexibility index (Phi) is 5.65. The van der Waals surface area contributed by atoms with Gasteiger partial charge in [-0.25, -0.2) is 4.79 Å². The number of aliphatic hydroxyl groups excluding tert-OH is 1. The number of ether oxygens (including phenoxy) is 1. The van der Waals surface area contributed by atoms with Crippen molar-refractivity contribution in [3.05, 3.63) is 37.0 Å². The SMILES string of the molecule is C=CC(O)/C=C/C=C/C(=O)OC. The highest BCUT2D eigenvalue weighted by Gasteiger charge is 1.88. The highest BCUT2D eigenvalue weighted by atomic mass is 16.5. The summed E-state index contributed by atoms with van der Waals surface area (Å²) in [5.41, 5.74) is 0. The van der Waals surface area contributed by atoms with Crippen LogP contribution in [0.5, 0.6) is 0 Å². The first-order valence-corrected chi connectivity index (χ1v) is 3.44. The van der Waals surface area contributed by atoms with Crippen molar-refractivity contribution < 1.29 is 14.6 Å². The molecule has 0 aromatic rings. The lowest BCUT2D eigenvalue weighted by Crippen LogP contribution is -1.94. The highest BCUT2D eigenvalue weighted by molar-refractivity contribution is 5.82. The van der Waals surface area contributed by atoms with Crippen molar-refractivity contribution in [2.45, 2.75) is 6.10 Å². The molecular weight excluding hydrogens is 156 g/mol. The summed E-state index contributed by atoms with van der Waals surface area (Å²) in [4.78, 5) is 10.5. The molecule has 0 rings (SSSR count). The van der Waals surface area contributed by atoms with Gasteiger partial charge in [0, 0.05) is 6.08 Å². The molecule has 66 valence electrons. The molecular formula is C9H12O3. The minimum Gasteiger partial charge on any atom is -0.466 e. The highest BCUT2D eigenvalue weighted by Crippen LogP contribution is 1.87. The van der Waals surface area contributed by atoms with Gasteiger partial charge in [0.2, 0.25) is 0 Å². The van der Waals surface area contributed by atoms with Crippen LogP contribution in [0.1, 0.15) is 0 Å². The first kappa shape index (κ1) is 10.7. The summed E-state index contributed by atoms with van der Waals surface area (Å²) >= 11 is 0. The van der Waals surface area contributed by atoms with Crippen molar-refractivity contribution in [2.24, 2.45) is 0 Å². The van der Waals surface area contributed by atoms with Crippen LogP contribution in [0.25, 0.3) is 0 Å². The molecule has 0 saturated carbocycles. The first-order chi connectivity index (χ1) is 5.70. The van der Waals surface area contributed by atoms with Gasteiger partial charge in [0.25, 0.3) is 0 Å². The predicted molar refractivity (Wildman–Crippen MR) is 46.5 cm³/mol. The Morgan fingerprint density at radius 1 is 1.58 bits per heavy atom. The van der Waals surface area contributed by atoms with Crippen molar-refractivity contribution in [3.8, 4) is 0 Å². The van der Waals surface area contributed by atoms with Gasteiger partial charge in [0.15, 0.2) is 0 Å². The van der Waals surface area contributed by atoms with Gasteiger partial charge < -0.3 is 9.84 Å². The summed E-state index contributed by atoms with van der Waals surface area (Å²) in [5, 5.41) is 8.93. The Bertz CT molecular complexity index is 204. The third-order valence-corrected chi connectivity index (χ3v) is 1.09. The molecule has 0 bridgehead atoms. The number of allylic oxidation sites excluding steroid dienone is 2. The molecule has 12 heavy (non-hydrogen) atoms. The largest absolute Gasteiger partial charge is 0.466 e. The number of methoxy groups -OCH3 is 1. The molecule has 0 amide bonds. The molecule has 0 aromatic carbocycles. The number of carbonyl (C=O) groups is 1. The lowest BCUT2D eigenvalue weighted by Gasteiger charge is -1.91. The zero-order valence-corrected chi connectivity index (χ0v) is 6.93. The quantitative estimate of drug-likeness (QED) is 0.292. The van der Waals surface area contributed by atoms with Crippen LogP contribution in [0.3, 0.4) is 0 Å². The molecule has 0 radical (unpaired) electrons. The second kappa shape index (κ2) is 6.37. The number of rotatable bonds is 4. The van der Waals surface area contributed by atoms with Crippen LogP contribution in [0, 0.1) is 0 Å². The minimum atomic E-state index is -0.674. The van der Waals surface area contributed by atoms with Crippen LogP contribution in [0.2, 0.25) is 0 Å². The zero-order chi connectivity index (χ0) is 9.40. The molecule has 0 saturated heterocycles. The second-order valence-corrected chi connectivity index (χ2v) is 1.99. The Balaban J connectivity index is 3.80. The number of aliphatic hydroxyl groups is 1. The lowest BCUT2D eigenvalue weighted by molar-refractivity contribution is -0.134. The maximum atomic E-state index is 10.5. The summed E-state index contributed by atoms with van der Waals surface area (Å²) < 4.78 is 4.34. The number of hydrogen-bond acceptors (Lipinski definition) is 3. The average molecular weight is 168 g/mol. The molecule has 3 nitrogen and oxygen atoms in total. The van der Waals surface area contributed by atoms with E-state index in [1.807, 2.05) is 0 Å². The third-order valence-electron chi connectivity index (χ3n) is 1.09. The smallest absolute Gasteiger partial charge is 0.330 e. The van der Waals surface area contributed by atoms with Gasteiger partial charge in [-0.15, -0.1) is 6.58 Å². The van der Waals surface area contributed by atoms with E-state index in [4.69, 9.17) is 5.11 Å². The van der Waals surface area contributed by atoms with Gasteiger partial charge in [-0.05, 0) is 0 Å². The maximum absolute atomic E-state index is 10.5.